The van der Waals surface area contributed by atoms with Gasteiger partial charge < -0.3 is 14.7 Å². The first kappa shape index (κ1) is 20.9. The van der Waals surface area contributed by atoms with E-state index in [1.165, 1.54) is 16.8 Å². The average molecular weight is 417 g/mol. The summed E-state index contributed by atoms with van der Waals surface area (Å²) in [5, 5.41) is 9.00. The number of rotatable bonds is 8. The minimum atomic E-state index is -0.876. The van der Waals surface area contributed by atoms with Crippen molar-refractivity contribution in [1.82, 2.24) is 4.90 Å². The molecule has 1 saturated heterocycles. The lowest BCUT2D eigenvalue weighted by molar-refractivity contribution is 0.0697. The third-order valence-corrected chi connectivity index (χ3v) is 5.74. The Morgan fingerprint density at radius 2 is 1.48 bits per heavy atom. The van der Waals surface area contributed by atoms with E-state index in [1.807, 2.05) is 42.5 Å². The van der Waals surface area contributed by atoms with Crippen LogP contribution in [-0.2, 0) is 13.0 Å². The van der Waals surface area contributed by atoms with E-state index in [-0.39, 0.29) is 0 Å². The van der Waals surface area contributed by atoms with E-state index in [4.69, 9.17) is 9.84 Å². The third kappa shape index (κ3) is 5.86. The zero-order valence-corrected chi connectivity index (χ0v) is 17.6. The van der Waals surface area contributed by atoms with Crippen LogP contribution in [0.3, 0.4) is 0 Å². The maximum absolute atomic E-state index is 11.0. The lowest BCUT2D eigenvalue weighted by Crippen LogP contribution is -2.46. The second-order valence-electron chi connectivity index (χ2n) is 7.85. The predicted octanol–water partition coefficient (Wildman–Crippen LogP) is 4.33. The summed E-state index contributed by atoms with van der Waals surface area (Å²) in [6.07, 6.45) is 0.938. The van der Waals surface area contributed by atoms with E-state index in [2.05, 4.69) is 34.1 Å². The largest absolute Gasteiger partial charge is 0.489 e. The van der Waals surface area contributed by atoms with Crippen molar-refractivity contribution >= 4 is 11.7 Å². The summed E-state index contributed by atoms with van der Waals surface area (Å²) in [7, 11) is 0. The monoisotopic (exact) mass is 416 g/mol. The number of aromatic carboxylic acids is 1. The zero-order chi connectivity index (χ0) is 21.5. The van der Waals surface area contributed by atoms with Crippen molar-refractivity contribution in [2.45, 2.75) is 13.0 Å². The summed E-state index contributed by atoms with van der Waals surface area (Å²) >= 11 is 0. The van der Waals surface area contributed by atoms with E-state index in [0.717, 1.165) is 44.9 Å². The highest BCUT2D eigenvalue weighted by atomic mass is 16.5. The first-order valence-electron chi connectivity index (χ1n) is 10.7. The number of carboxylic acid groups (broad SMARTS) is 1. The van der Waals surface area contributed by atoms with Gasteiger partial charge in [-0.1, -0.05) is 42.5 Å². The van der Waals surface area contributed by atoms with Gasteiger partial charge in [-0.05, 0) is 53.9 Å². The average Bonchev–Trinajstić information content (AvgIpc) is 2.83. The second-order valence-corrected chi connectivity index (χ2v) is 7.85. The Balaban J connectivity index is 1.21. The molecule has 0 unspecified atom stereocenters. The number of ether oxygens (including phenoxy) is 1. The maximum atomic E-state index is 11.0. The molecule has 0 aromatic heterocycles. The minimum Gasteiger partial charge on any atom is -0.489 e. The normalized spacial score (nSPS) is 14.4. The highest BCUT2D eigenvalue weighted by Crippen LogP contribution is 2.21. The number of carbonyl (C=O) groups is 1. The molecule has 1 fully saturated rings. The summed E-state index contributed by atoms with van der Waals surface area (Å²) in [5.74, 6) is 0.0126. The fourth-order valence-corrected chi connectivity index (χ4v) is 3.82. The van der Waals surface area contributed by atoms with E-state index in [9.17, 15) is 4.79 Å². The first-order chi connectivity index (χ1) is 15.2. The lowest BCUT2D eigenvalue weighted by Gasteiger charge is -2.36. The second kappa shape index (κ2) is 10.1. The molecule has 0 bridgehead atoms. The van der Waals surface area contributed by atoms with Crippen LogP contribution >= 0.6 is 0 Å². The molecule has 0 saturated carbocycles. The Morgan fingerprint density at radius 3 is 2.13 bits per heavy atom. The van der Waals surface area contributed by atoms with Crippen molar-refractivity contribution in [2.24, 2.45) is 0 Å². The van der Waals surface area contributed by atoms with Gasteiger partial charge in [0.15, 0.2) is 0 Å². The molecule has 160 valence electrons. The molecule has 0 aliphatic carbocycles. The van der Waals surface area contributed by atoms with Crippen molar-refractivity contribution < 1.29 is 14.6 Å². The zero-order valence-electron chi connectivity index (χ0n) is 17.6. The Kier molecular flexibility index (Phi) is 6.85. The Bertz CT molecular complexity index is 964. The fourth-order valence-electron chi connectivity index (χ4n) is 3.82. The number of nitrogens with zero attached hydrogens (tertiary/aromatic N) is 2. The topological polar surface area (TPSA) is 53.0 Å². The quantitative estimate of drug-likeness (QED) is 0.592. The summed E-state index contributed by atoms with van der Waals surface area (Å²) in [6, 6.07) is 25.8. The molecule has 1 aliphatic rings. The van der Waals surface area contributed by atoms with E-state index in [0.29, 0.717) is 12.2 Å². The SMILES string of the molecule is O=C(O)c1ccc(CCN2CCN(c3ccc(OCc4ccccc4)cc3)CC2)cc1. The lowest BCUT2D eigenvalue weighted by atomic mass is 10.1. The van der Waals surface area contributed by atoms with Crippen LogP contribution in [0, 0.1) is 0 Å². The molecule has 1 N–H and O–H groups in total. The summed E-state index contributed by atoms with van der Waals surface area (Å²) in [6.45, 7) is 5.63. The van der Waals surface area contributed by atoms with Crippen LogP contribution in [0.1, 0.15) is 21.5 Å². The van der Waals surface area contributed by atoms with Gasteiger partial charge in [-0.15, -0.1) is 0 Å². The molecule has 1 aliphatic heterocycles. The molecule has 3 aromatic carbocycles. The molecular weight excluding hydrogens is 388 g/mol. The number of benzene rings is 3. The van der Waals surface area contributed by atoms with Crippen LogP contribution < -0.4 is 9.64 Å². The van der Waals surface area contributed by atoms with Gasteiger partial charge in [-0.2, -0.15) is 0 Å². The molecule has 1 heterocycles. The molecule has 4 rings (SSSR count). The van der Waals surface area contributed by atoms with Crippen molar-refractivity contribution in [1.29, 1.82) is 0 Å². The Labute approximate surface area is 183 Å². The van der Waals surface area contributed by atoms with Gasteiger partial charge in [-0.25, -0.2) is 4.79 Å². The fraction of sp³-hybridized carbons (Fsp3) is 0.269. The van der Waals surface area contributed by atoms with Crippen LogP contribution in [0.5, 0.6) is 5.75 Å². The van der Waals surface area contributed by atoms with Crippen molar-refractivity contribution in [3.8, 4) is 5.75 Å². The number of hydrogen-bond donors (Lipinski definition) is 1. The number of carboxylic acids is 1. The van der Waals surface area contributed by atoms with Gasteiger partial charge in [0.05, 0.1) is 5.56 Å². The molecule has 0 atom stereocenters. The molecule has 5 nitrogen and oxygen atoms in total. The smallest absolute Gasteiger partial charge is 0.335 e. The highest BCUT2D eigenvalue weighted by Gasteiger charge is 2.17. The van der Waals surface area contributed by atoms with Gasteiger partial charge in [0.2, 0.25) is 0 Å². The van der Waals surface area contributed by atoms with Gasteiger partial charge in [0.25, 0.3) is 0 Å². The molecule has 0 spiro atoms. The number of anilines is 1. The summed E-state index contributed by atoms with van der Waals surface area (Å²) in [5.41, 5.74) is 3.92. The summed E-state index contributed by atoms with van der Waals surface area (Å²) < 4.78 is 5.89. The van der Waals surface area contributed by atoms with Crippen LogP contribution in [0.4, 0.5) is 5.69 Å². The number of hydrogen-bond acceptors (Lipinski definition) is 4. The third-order valence-electron chi connectivity index (χ3n) is 5.74. The van der Waals surface area contributed by atoms with Crippen LogP contribution in [0.15, 0.2) is 78.9 Å². The van der Waals surface area contributed by atoms with Crippen LogP contribution in [-0.4, -0.2) is 48.7 Å². The maximum Gasteiger partial charge on any atom is 0.335 e. The highest BCUT2D eigenvalue weighted by molar-refractivity contribution is 5.87. The number of piperazine rings is 1. The molecular formula is C26H28N2O3. The Hall–Kier alpha value is -3.31. The Morgan fingerprint density at radius 1 is 0.806 bits per heavy atom. The molecule has 0 amide bonds. The van der Waals surface area contributed by atoms with Gasteiger partial charge >= 0.3 is 5.97 Å². The van der Waals surface area contributed by atoms with Crippen molar-refractivity contribution in [2.75, 3.05) is 37.6 Å². The van der Waals surface area contributed by atoms with Gasteiger partial charge in [-0.3, -0.25) is 4.90 Å². The van der Waals surface area contributed by atoms with E-state index >= 15 is 0 Å². The predicted molar refractivity (Wildman–Crippen MR) is 123 cm³/mol. The van der Waals surface area contributed by atoms with Crippen molar-refractivity contribution in [3.63, 3.8) is 0 Å². The van der Waals surface area contributed by atoms with Crippen LogP contribution in [0.2, 0.25) is 0 Å². The molecule has 5 heteroatoms. The first-order valence-corrected chi connectivity index (χ1v) is 10.7. The van der Waals surface area contributed by atoms with Crippen molar-refractivity contribution in [3.05, 3.63) is 95.6 Å². The summed E-state index contributed by atoms with van der Waals surface area (Å²) in [4.78, 5) is 15.8. The molecule has 0 radical (unpaired) electrons. The molecule has 31 heavy (non-hydrogen) atoms. The van der Waals surface area contributed by atoms with E-state index < -0.39 is 5.97 Å². The van der Waals surface area contributed by atoms with E-state index in [1.54, 1.807) is 12.1 Å². The molecule has 3 aromatic rings. The van der Waals surface area contributed by atoms with Gasteiger partial charge in [0.1, 0.15) is 12.4 Å². The standard InChI is InChI=1S/C26H28N2O3/c29-26(30)23-8-6-21(7-9-23)14-15-27-16-18-28(19-17-27)24-10-12-25(13-11-24)31-20-22-4-2-1-3-5-22/h1-13H,14-20H2,(H,29,30). The van der Waals surface area contributed by atoms with Gasteiger partial charge in [0, 0.05) is 38.4 Å². The minimum absolute atomic E-state index is 0.342. The van der Waals surface area contributed by atoms with Crippen LogP contribution in [0.25, 0.3) is 0 Å².